The van der Waals surface area contributed by atoms with Crippen molar-refractivity contribution in [3.8, 4) is 0 Å². The summed E-state index contributed by atoms with van der Waals surface area (Å²) in [6.45, 7) is 4.95. The number of aromatic nitrogens is 3. The molecule has 0 saturated heterocycles. The first-order valence-electron chi connectivity index (χ1n) is 6.83. The number of amides is 1. The van der Waals surface area contributed by atoms with E-state index in [0.717, 1.165) is 11.9 Å². The zero-order valence-corrected chi connectivity index (χ0v) is 11.7. The predicted molar refractivity (Wildman–Crippen MR) is 75.2 cm³/mol. The van der Waals surface area contributed by atoms with E-state index in [0.29, 0.717) is 18.2 Å². The van der Waals surface area contributed by atoms with Crippen LogP contribution < -0.4 is 11.1 Å². The molecule has 2 heterocycles. The molecule has 1 saturated carbocycles. The van der Waals surface area contributed by atoms with Crippen molar-refractivity contribution < 1.29 is 4.79 Å². The summed E-state index contributed by atoms with van der Waals surface area (Å²) in [7, 11) is 0. The molecule has 3 N–H and O–H groups in total. The van der Waals surface area contributed by atoms with Gasteiger partial charge in [0, 0.05) is 18.4 Å². The molecule has 3 rings (SSSR count). The van der Waals surface area contributed by atoms with E-state index in [1.807, 2.05) is 0 Å². The highest BCUT2D eigenvalue weighted by atomic mass is 16.2. The van der Waals surface area contributed by atoms with E-state index in [2.05, 4.69) is 29.2 Å². The summed E-state index contributed by atoms with van der Waals surface area (Å²) < 4.78 is 1.65. The lowest BCUT2D eigenvalue weighted by Gasteiger charge is -2.52. The second-order valence-corrected chi connectivity index (χ2v) is 5.95. The summed E-state index contributed by atoms with van der Waals surface area (Å²) in [5.41, 5.74) is 6.91. The van der Waals surface area contributed by atoms with Crippen LogP contribution in [0.1, 0.15) is 30.8 Å². The van der Waals surface area contributed by atoms with Gasteiger partial charge in [-0.3, -0.25) is 4.79 Å². The number of hydrogen-bond acceptors (Lipinski definition) is 4. The number of fused-ring (bicyclic) bond motifs is 1. The Hall–Kier alpha value is -1.95. The Morgan fingerprint density at radius 2 is 2.35 bits per heavy atom. The van der Waals surface area contributed by atoms with Crippen LogP contribution >= 0.6 is 0 Å². The summed E-state index contributed by atoms with van der Waals surface area (Å²) >= 11 is 0. The van der Waals surface area contributed by atoms with E-state index in [9.17, 15) is 4.79 Å². The van der Waals surface area contributed by atoms with Gasteiger partial charge < -0.3 is 11.1 Å². The Labute approximate surface area is 117 Å². The zero-order chi connectivity index (χ0) is 14.3. The standard InChI is InChI=1S/C14H19N5O/c1-14(2)9(8-15)7-11(14)18-13(20)12-10-3-4-17-19(10)6-5-16-12/h3-6,9,11H,7-8,15H2,1-2H3,(H,18,20). The fourth-order valence-electron chi connectivity index (χ4n) is 2.92. The lowest BCUT2D eigenvalue weighted by atomic mass is 9.58. The van der Waals surface area contributed by atoms with Crippen LogP contribution in [-0.2, 0) is 0 Å². The first-order valence-corrected chi connectivity index (χ1v) is 6.83. The van der Waals surface area contributed by atoms with Crippen LogP contribution in [0.2, 0.25) is 0 Å². The molecule has 1 aliphatic rings. The minimum absolute atomic E-state index is 0.0374. The van der Waals surface area contributed by atoms with Crippen molar-refractivity contribution in [2.45, 2.75) is 26.3 Å². The minimum Gasteiger partial charge on any atom is -0.347 e. The van der Waals surface area contributed by atoms with Gasteiger partial charge >= 0.3 is 0 Å². The van der Waals surface area contributed by atoms with Crippen molar-refractivity contribution in [3.05, 3.63) is 30.4 Å². The Morgan fingerprint density at radius 1 is 1.55 bits per heavy atom. The minimum atomic E-state index is -0.148. The van der Waals surface area contributed by atoms with E-state index >= 15 is 0 Å². The average molecular weight is 273 g/mol. The number of hydrogen-bond donors (Lipinski definition) is 2. The number of nitrogens with one attached hydrogen (secondary N) is 1. The molecule has 6 nitrogen and oxygen atoms in total. The fraction of sp³-hybridized carbons (Fsp3) is 0.500. The Kier molecular flexibility index (Phi) is 2.97. The van der Waals surface area contributed by atoms with Gasteiger partial charge in [-0.15, -0.1) is 0 Å². The van der Waals surface area contributed by atoms with E-state index in [4.69, 9.17) is 5.73 Å². The second kappa shape index (κ2) is 4.56. The summed E-state index contributed by atoms with van der Waals surface area (Å²) in [5.74, 6) is 0.316. The summed E-state index contributed by atoms with van der Waals surface area (Å²) in [6.07, 6.45) is 5.90. The fourth-order valence-corrected chi connectivity index (χ4v) is 2.92. The molecule has 0 radical (unpaired) electrons. The second-order valence-electron chi connectivity index (χ2n) is 5.95. The van der Waals surface area contributed by atoms with Crippen molar-refractivity contribution >= 4 is 11.4 Å². The smallest absolute Gasteiger partial charge is 0.272 e. The maximum atomic E-state index is 12.4. The Balaban J connectivity index is 1.79. The quantitative estimate of drug-likeness (QED) is 0.867. The number of rotatable bonds is 3. The molecule has 1 aliphatic carbocycles. The van der Waals surface area contributed by atoms with Crippen LogP contribution in [0.25, 0.3) is 5.52 Å². The molecule has 0 aliphatic heterocycles. The molecule has 2 aromatic heterocycles. The van der Waals surface area contributed by atoms with Crippen LogP contribution in [0.3, 0.4) is 0 Å². The monoisotopic (exact) mass is 273 g/mol. The van der Waals surface area contributed by atoms with E-state index < -0.39 is 0 Å². The third-order valence-corrected chi connectivity index (χ3v) is 4.60. The first kappa shape index (κ1) is 13.1. The third-order valence-electron chi connectivity index (χ3n) is 4.60. The van der Waals surface area contributed by atoms with Gasteiger partial charge in [0.15, 0.2) is 5.69 Å². The van der Waals surface area contributed by atoms with Crippen molar-refractivity contribution in [2.75, 3.05) is 6.54 Å². The molecular weight excluding hydrogens is 254 g/mol. The first-order chi connectivity index (χ1) is 9.54. The molecule has 0 spiro atoms. The maximum Gasteiger partial charge on any atom is 0.272 e. The molecule has 6 heteroatoms. The highest BCUT2D eigenvalue weighted by Crippen LogP contribution is 2.45. The SMILES string of the molecule is CC1(C)C(CN)CC1NC(=O)c1nccn2nccc12. The van der Waals surface area contributed by atoms with Crippen molar-refractivity contribution in [3.63, 3.8) is 0 Å². The number of carbonyl (C=O) groups is 1. The van der Waals surface area contributed by atoms with Crippen LogP contribution in [0.5, 0.6) is 0 Å². The lowest BCUT2D eigenvalue weighted by molar-refractivity contribution is 0.0199. The topological polar surface area (TPSA) is 85.3 Å². The molecule has 1 fully saturated rings. The molecule has 0 aromatic carbocycles. The lowest BCUT2D eigenvalue weighted by Crippen LogP contribution is -2.60. The van der Waals surface area contributed by atoms with Gasteiger partial charge in [-0.25, -0.2) is 9.50 Å². The molecule has 2 aromatic rings. The number of nitrogens with two attached hydrogens (primary N) is 1. The molecule has 20 heavy (non-hydrogen) atoms. The molecule has 106 valence electrons. The molecule has 2 atom stereocenters. The van der Waals surface area contributed by atoms with Crippen LogP contribution in [-0.4, -0.2) is 33.1 Å². The highest BCUT2D eigenvalue weighted by Gasteiger charge is 2.47. The highest BCUT2D eigenvalue weighted by molar-refractivity contribution is 5.98. The Morgan fingerprint density at radius 3 is 3.05 bits per heavy atom. The molecule has 1 amide bonds. The van der Waals surface area contributed by atoms with E-state index in [1.165, 1.54) is 0 Å². The number of nitrogens with zero attached hydrogens (tertiary/aromatic N) is 3. The Bertz CT molecular complexity index is 648. The van der Waals surface area contributed by atoms with Gasteiger partial charge in [0.2, 0.25) is 0 Å². The average Bonchev–Trinajstić information content (AvgIpc) is 2.90. The van der Waals surface area contributed by atoms with E-state index in [-0.39, 0.29) is 17.4 Å². The van der Waals surface area contributed by atoms with Crippen LogP contribution in [0, 0.1) is 11.3 Å². The summed E-state index contributed by atoms with van der Waals surface area (Å²) in [5, 5.41) is 7.18. The van der Waals surface area contributed by atoms with Gasteiger partial charge in [-0.1, -0.05) is 13.8 Å². The van der Waals surface area contributed by atoms with Gasteiger partial charge in [-0.2, -0.15) is 5.10 Å². The van der Waals surface area contributed by atoms with Gasteiger partial charge in [-0.05, 0) is 30.4 Å². The summed E-state index contributed by atoms with van der Waals surface area (Å²) in [6, 6.07) is 1.93. The number of carbonyl (C=O) groups excluding carboxylic acids is 1. The molecular formula is C14H19N5O. The summed E-state index contributed by atoms with van der Waals surface area (Å²) in [4.78, 5) is 16.6. The van der Waals surface area contributed by atoms with Gasteiger partial charge in [0.25, 0.3) is 5.91 Å². The van der Waals surface area contributed by atoms with Gasteiger partial charge in [0.1, 0.15) is 0 Å². The third kappa shape index (κ3) is 1.87. The van der Waals surface area contributed by atoms with Gasteiger partial charge in [0.05, 0.1) is 11.7 Å². The van der Waals surface area contributed by atoms with Crippen molar-refractivity contribution in [2.24, 2.45) is 17.1 Å². The van der Waals surface area contributed by atoms with Crippen LogP contribution in [0.4, 0.5) is 0 Å². The van der Waals surface area contributed by atoms with Crippen LogP contribution in [0.15, 0.2) is 24.7 Å². The molecule has 0 bridgehead atoms. The predicted octanol–water partition coefficient (Wildman–Crippen LogP) is 0.833. The van der Waals surface area contributed by atoms with E-state index in [1.54, 1.807) is 29.2 Å². The van der Waals surface area contributed by atoms with Crippen molar-refractivity contribution in [1.29, 1.82) is 0 Å². The maximum absolute atomic E-state index is 12.4. The normalized spacial score (nSPS) is 24.4. The largest absolute Gasteiger partial charge is 0.347 e. The zero-order valence-electron chi connectivity index (χ0n) is 11.7. The van der Waals surface area contributed by atoms with Crippen molar-refractivity contribution in [1.82, 2.24) is 19.9 Å². The molecule has 2 unspecified atom stereocenters.